The lowest BCUT2D eigenvalue weighted by atomic mass is 9.97. The fraction of sp³-hybridized carbons (Fsp3) is 0.300. The molecular weight excluding hydrogens is 264 g/mol. The van der Waals surface area contributed by atoms with Crippen molar-refractivity contribution in [3.63, 3.8) is 0 Å². The molecule has 3 N–H and O–H groups in total. The number of aliphatic carboxylic acids is 1. The lowest BCUT2D eigenvalue weighted by molar-refractivity contribution is -0.137. The zero-order chi connectivity index (χ0) is 11.6. The van der Waals surface area contributed by atoms with E-state index in [1.165, 1.54) is 6.07 Å². The van der Waals surface area contributed by atoms with Crippen LogP contribution >= 0.6 is 15.9 Å². The molecule has 0 amide bonds. The van der Waals surface area contributed by atoms with Crippen molar-refractivity contribution in [3.05, 3.63) is 22.2 Å². The third-order valence-corrected chi connectivity index (χ3v) is 2.72. The first kappa shape index (κ1) is 11.8. The van der Waals surface area contributed by atoms with E-state index in [1.54, 1.807) is 13.0 Å². The van der Waals surface area contributed by atoms with Crippen molar-refractivity contribution >= 4 is 21.9 Å². The van der Waals surface area contributed by atoms with E-state index in [0.29, 0.717) is 10.0 Å². The van der Waals surface area contributed by atoms with Gasteiger partial charge in [0.1, 0.15) is 0 Å². The molecule has 82 valence electrons. The summed E-state index contributed by atoms with van der Waals surface area (Å²) >= 11 is 3.07. The predicted molar refractivity (Wildman–Crippen MR) is 58.1 cm³/mol. The van der Waals surface area contributed by atoms with Gasteiger partial charge in [-0.15, -0.1) is 0 Å². The van der Waals surface area contributed by atoms with Gasteiger partial charge in [-0.3, -0.25) is 4.79 Å². The molecule has 0 aliphatic heterocycles. The van der Waals surface area contributed by atoms with Crippen LogP contribution in [0.2, 0.25) is 0 Å². The lowest BCUT2D eigenvalue weighted by Crippen LogP contribution is -2.02. The van der Waals surface area contributed by atoms with Gasteiger partial charge in [0, 0.05) is 0 Å². The van der Waals surface area contributed by atoms with Crippen molar-refractivity contribution < 1.29 is 20.1 Å². The number of carboxylic acid groups (broad SMARTS) is 1. The van der Waals surface area contributed by atoms with Gasteiger partial charge in [-0.2, -0.15) is 0 Å². The fourth-order valence-corrected chi connectivity index (χ4v) is 1.74. The average Bonchev–Trinajstić information content (AvgIpc) is 2.12. The maximum Gasteiger partial charge on any atom is 0.303 e. The van der Waals surface area contributed by atoms with Gasteiger partial charge in [0.05, 0.1) is 10.9 Å². The van der Waals surface area contributed by atoms with Gasteiger partial charge in [0.25, 0.3) is 0 Å². The van der Waals surface area contributed by atoms with Crippen LogP contribution in [0.25, 0.3) is 0 Å². The highest BCUT2D eigenvalue weighted by molar-refractivity contribution is 9.10. The number of rotatable bonds is 3. The summed E-state index contributed by atoms with van der Waals surface area (Å²) in [7, 11) is 0. The monoisotopic (exact) mass is 274 g/mol. The Morgan fingerprint density at radius 1 is 1.47 bits per heavy atom. The first-order valence-electron chi connectivity index (χ1n) is 4.35. The summed E-state index contributed by atoms with van der Waals surface area (Å²) in [6.07, 6.45) is -0.0172. The van der Waals surface area contributed by atoms with Crippen molar-refractivity contribution in [2.45, 2.75) is 19.3 Å². The van der Waals surface area contributed by atoms with Crippen molar-refractivity contribution in [3.8, 4) is 11.5 Å². The average molecular weight is 275 g/mol. The van der Waals surface area contributed by atoms with E-state index in [4.69, 9.17) is 5.11 Å². The summed E-state index contributed by atoms with van der Waals surface area (Å²) < 4.78 is 0.356. The largest absolute Gasteiger partial charge is 0.504 e. The predicted octanol–water partition coefficient (Wildman–Crippen LogP) is 2.44. The molecule has 0 saturated heterocycles. The summed E-state index contributed by atoms with van der Waals surface area (Å²) in [5.74, 6) is -1.60. The van der Waals surface area contributed by atoms with Crippen molar-refractivity contribution in [1.82, 2.24) is 0 Å². The van der Waals surface area contributed by atoms with Crippen LogP contribution in [0.5, 0.6) is 11.5 Å². The van der Waals surface area contributed by atoms with E-state index in [2.05, 4.69) is 15.9 Å². The molecule has 1 atom stereocenters. The van der Waals surface area contributed by atoms with E-state index in [0.717, 1.165) is 0 Å². The molecule has 0 saturated carbocycles. The molecule has 1 aromatic carbocycles. The highest BCUT2D eigenvalue weighted by Gasteiger charge is 2.14. The SMILES string of the molecule is CC(CC(=O)O)c1cc(O)c(O)c(Br)c1. The molecule has 0 bridgehead atoms. The summed E-state index contributed by atoms with van der Waals surface area (Å²) in [5, 5.41) is 27.2. The third-order valence-electron chi connectivity index (χ3n) is 2.12. The number of aromatic hydroxyl groups is 2. The molecule has 0 aromatic heterocycles. The summed E-state index contributed by atoms with van der Waals surface area (Å²) in [6.45, 7) is 1.74. The lowest BCUT2D eigenvalue weighted by Gasteiger charge is -2.11. The summed E-state index contributed by atoms with van der Waals surface area (Å²) in [5.41, 5.74) is 0.666. The van der Waals surface area contributed by atoms with Crippen molar-refractivity contribution in [1.29, 1.82) is 0 Å². The smallest absolute Gasteiger partial charge is 0.303 e. The van der Waals surface area contributed by atoms with Crippen LogP contribution in [-0.4, -0.2) is 21.3 Å². The second-order valence-electron chi connectivity index (χ2n) is 3.37. The second kappa shape index (κ2) is 4.53. The van der Waals surface area contributed by atoms with Gasteiger partial charge in [-0.05, 0) is 39.5 Å². The number of hydrogen-bond donors (Lipinski definition) is 3. The zero-order valence-corrected chi connectivity index (χ0v) is 9.65. The molecule has 4 nitrogen and oxygen atoms in total. The van der Waals surface area contributed by atoms with E-state index >= 15 is 0 Å². The normalized spacial score (nSPS) is 12.4. The van der Waals surface area contributed by atoms with Gasteiger partial charge in [-0.25, -0.2) is 0 Å². The Morgan fingerprint density at radius 2 is 2.07 bits per heavy atom. The maximum absolute atomic E-state index is 10.5. The Bertz CT molecular complexity index is 366. The third kappa shape index (κ3) is 2.86. The number of phenolic OH excluding ortho intramolecular Hbond substituents is 2. The van der Waals surface area contributed by atoms with Crippen LogP contribution in [0.4, 0.5) is 0 Å². The Morgan fingerprint density at radius 3 is 2.53 bits per heavy atom. The van der Waals surface area contributed by atoms with Crippen LogP contribution in [0, 0.1) is 0 Å². The summed E-state index contributed by atoms with van der Waals surface area (Å²) in [6, 6.07) is 2.97. The molecule has 0 aliphatic rings. The molecular formula is C10H11BrO4. The molecule has 0 heterocycles. The fourth-order valence-electron chi connectivity index (χ4n) is 1.27. The van der Waals surface area contributed by atoms with Gasteiger partial charge < -0.3 is 15.3 Å². The topological polar surface area (TPSA) is 77.8 Å². The van der Waals surface area contributed by atoms with Gasteiger partial charge in [0.15, 0.2) is 11.5 Å². The minimum Gasteiger partial charge on any atom is -0.504 e. The highest BCUT2D eigenvalue weighted by atomic mass is 79.9. The molecule has 0 radical (unpaired) electrons. The van der Waals surface area contributed by atoms with E-state index in [1.807, 2.05) is 0 Å². The van der Waals surface area contributed by atoms with Crippen LogP contribution in [0.3, 0.4) is 0 Å². The first-order chi connectivity index (χ1) is 6.91. The molecule has 0 spiro atoms. The Labute approximate surface area is 95.3 Å². The maximum atomic E-state index is 10.5. The van der Waals surface area contributed by atoms with E-state index < -0.39 is 5.97 Å². The second-order valence-corrected chi connectivity index (χ2v) is 4.22. The molecule has 1 unspecified atom stereocenters. The molecule has 5 heteroatoms. The van der Waals surface area contributed by atoms with E-state index in [9.17, 15) is 15.0 Å². The van der Waals surface area contributed by atoms with Crippen LogP contribution in [-0.2, 0) is 4.79 Å². The number of phenols is 2. The highest BCUT2D eigenvalue weighted by Crippen LogP contribution is 2.36. The molecule has 1 aromatic rings. The zero-order valence-electron chi connectivity index (χ0n) is 8.07. The minimum atomic E-state index is -0.897. The number of halogens is 1. The van der Waals surface area contributed by atoms with Crippen LogP contribution in [0.15, 0.2) is 16.6 Å². The molecule has 1 rings (SSSR count). The standard InChI is InChI=1S/C10H11BrO4/c1-5(2-9(13)14)6-3-7(11)10(15)8(12)4-6/h3-5,12,15H,2H2,1H3,(H,13,14). The quantitative estimate of drug-likeness (QED) is 0.740. The Kier molecular flexibility index (Phi) is 3.57. The summed E-state index contributed by atoms with van der Waals surface area (Å²) in [4.78, 5) is 10.5. The van der Waals surface area contributed by atoms with E-state index in [-0.39, 0.29) is 23.8 Å². The number of hydrogen-bond acceptors (Lipinski definition) is 3. The number of carboxylic acids is 1. The number of benzene rings is 1. The molecule has 0 fully saturated rings. The Hall–Kier alpha value is -1.23. The van der Waals surface area contributed by atoms with Crippen molar-refractivity contribution in [2.24, 2.45) is 0 Å². The first-order valence-corrected chi connectivity index (χ1v) is 5.14. The molecule has 0 aliphatic carbocycles. The van der Waals surface area contributed by atoms with Gasteiger partial charge in [0.2, 0.25) is 0 Å². The van der Waals surface area contributed by atoms with Crippen LogP contribution in [0.1, 0.15) is 24.8 Å². The van der Waals surface area contributed by atoms with Gasteiger partial charge >= 0.3 is 5.97 Å². The Balaban J connectivity index is 3.00. The number of carbonyl (C=O) groups is 1. The minimum absolute atomic E-state index is 0.0172. The van der Waals surface area contributed by atoms with Crippen molar-refractivity contribution in [2.75, 3.05) is 0 Å². The van der Waals surface area contributed by atoms with Gasteiger partial charge in [-0.1, -0.05) is 6.92 Å². The molecule has 15 heavy (non-hydrogen) atoms. The van der Waals surface area contributed by atoms with Crippen LogP contribution < -0.4 is 0 Å².